The van der Waals surface area contributed by atoms with Crippen LogP contribution >= 0.6 is 45.7 Å². The summed E-state index contributed by atoms with van der Waals surface area (Å²) in [5.41, 5.74) is 3.58. The second-order valence-corrected chi connectivity index (χ2v) is 7.69. The van der Waals surface area contributed by atoms with Gasteiger partial charge in [-0.05, 0) is 45.9 Å². The molecule has 4 heteroatoms. The van der Waals surface area contributed by atoms with Crippen LogP contribution < -0.4 is 0 Å². The fourth-order valence-corrected chi connectivity index (χ4v) is 4.72. The summed E-state index contributed by atoms with van der Waals surface area (Å²) in [5.74, 6) is 0.943. The molecule has 0 unspecified atom stereocenters. The van der Waals surface area contributed by atoms with Crippen LogP contribution in [0, 0.1) is 3.57 Å². The average molecular weight is 409 g/mol. The fraction of sp³-hybridized carbons (Fsp3) is 0.0625. The van der Waals surface area contributed by atoms with Gasteiger partial charge in [0.05, 0.1) is 10.2 Å². The first kappa shape index (κ1) is 14.1. The Morgan fingerprint density at radius 2 is 2.10 bits per heavy atom. The van der Waals surface area contributed by atoms with E-state index in [9.17, 15) is 0 Å². The molecule has 0 saturated heterocycles. The highest BCUT2D eigenvalue weighted by molar-refractivity contribution is 14.1. The summed E-state index contributed by atoms with van der Waals surface area (Å²) >= 11 is 5.95. The molecule has 2 aromatic carbocycles. The predicted octanol–water partition coefficient (Wildman–Crippen LogP) is 5.84. The normalized spacial score (nSPS) is 10.8. The van der Waals surface area contributed by atoms with Gasteiger partial charge in [0.1, 0.15) is 0 Å². The number of aromatic nitrogens is 1. The molecule has 0 aliphatic heterocycles. The van der Waals surface area contributed by atoms with Gasteiger partial charge in [-0.2, -0.15) is 0 Å². The number of thiazole rings is 1. The summed E-state index contributed by atoms with van der Waals surface area (Å²) in [4.78, 5) is 4.69. The zero-order chi connectivity index (χ0) is 13.9. The SMILES string of the molecule is C=Cc1cccc(CSc2nc3cccc(I)c3s2)c1. The van der Waals surface area contributed by atoms with Crippen molar-refractivity contribution in [3.63, 3.8) is 0 Å². The second kappa shape index (κ2) is 6.28. The maximum Gasteiger partial charge on any atom is 0.151 e. The number of fused-ring (bicyclic) bond motifs is 1. The lowest BCUT2D eigenvalue weighted by molar-refractivity contribution is 1.29. The van der Waals surface area contributed by atoms with Crippen molar-refractivity contribution in [2.45, 2.75) is 10.1 Å². The van der Waals surface area contributed by atoms with E-state index in [1.54, 1.807) is 23.1 Å². The highest BCUT2D eigenvalue weighted by Gasteiger charge is 2.07. The zero-order valence-electron chi connectivity index (χ0n) is 10.7. The van der Waals surface area contributed by atoms with E-state index in [0.717, 1.165) is 15.6 Å². The molecular weight excluding hydrogens is 397 g/mol. The highest BCUT2D eigenvalue weighted by atomic mass is 127. The first-order valence-electron chi connectivity index (χ1n) is 6.15. The molecule has 100 valence electrons. The number of nitrogens with zero attached hydrogens (tertiary/aromatic N) is 1. The van der Waals surface area contributed by atoms with Crippen LogP contribution in [-0.4, -0.2) is 4.98 Å². The molecule has 0 saturated carbocycles. The zero-order valence-corrected chi connectivity index (χ0v) is 14.5. The molecule has 0 spiro atoms. The minimum Gasteiger partial charge on any atom is -0.230 e. The minimum absolute atomic E-state index is 0.943. The Bertz CT molecular complexity index is 764. The number of hydrogen-bond acceptors (Lipinski definition) is 3. The van der Waals surface area contributed by atoms with E-state index >= 15 is 0 Å². The summed E-state index contributed by atoms with van der Waals surface area (Å²) in [5, 5.41) is 0. The lowest BCUT2D eigenvalue weighted by atomic mass is 10.1. The Morgan fingerprint density at radius 1 is 1.25 bits per heavy atom. The van der Waals surface area contributed by atoms with Gasteiger partial charge in [-0.25, -0.2) is 4.98 Å². The van der Waals surface area contributed by atoms with Crippen LogP contribution in [0.1, 0.15) is 11.1 Å². The van der Waals surface area contributed by atoms with Gasteiger partial charge in [0.25, 0.3) is 0 Å². The van der Waals surface area contributed by atoms with E-state index in [-0.39, 0.29) is 0 Å². The Labute approximate surface area is 140 Å². The van der Waals surface area contributed by atoms with Crippen molar-refractivity contribution in [2.24, 2.45) is 0 Å². The van der Waals surface area contributed by atoms with Gasteiger partial charge in [0.2, 0.25) is 0 Å². The van der Waals surface area contributed by atoms with Crippen LogP contribution in [0.2, 0.25) is 0 Å². The number of thioether (sulfide) groups is 1. The van der Waals surface area contributed by atoms with E-state index in [4.69, 9.17) is 0 Å². The Morgan fingerprint density at radius 3 is 2.90 bits per heavy atom. The van der Waals surface area contributed by atoms with E-state index in [0.29, 0.717) is 0 Å². The molecule has 0 bridgehead atoms. The summed E-state index contributed by atoms with van der Waals surface area (Å²) in [6, 6.07) is 14.7. The number of hydrogen-bond donors (Lipinski definition) is 0. The molecule has 1 aromatic heterocycles. The van der Waals surface area contributed by atoms with Crippen LogP contribution in [-0.2, 0) is 5.75 Å². The van der Waals surface area contributed by atoms with E-state index in [1.807, 2.05) is 6.08 Å². The van der Waals surface area contributed by atoms with Crippen LogP contribution in [0.4, 0.5) is 0 Å². The molecule has 0 N–H and O–H groups in total. The van der Waals surface area contributed by atoms with Crippen molar-refractivity contribution in [3.8, 4) is 0 Å². The first-order chi connectivity index (χ1) is 9.76. The summed E-state index contributed by atoms with van der Waals surface area (Å²) in [6.45, 7) is 3.81. The topological polar surface area (TPSA) is 12.9 Å². The number of rotatable bonds is 4. The van der Waals surface area contributed by atoms with Crippen molar-refractivity contribution < 1.29 is 0 Å². The van der Waals surface area contributed by atoms with E-state index in [2.05, 4.69) is 76.6 Å². The fourth-order valence-electron chi connectivity index (χ4n) is 1.91. The lowest BCUT2D eigenvalue weighted by Crippen LogP contribution is -1.81. The Balaban J connectivity index is 1.79. The van der Waals surface area contributed by atoms with Gasteiger partial charge in [-0.1, -0.05) is 54.7 Å². The largest absolute Gasteiger partial charge is 0.230 e. The predicted molar refractivity (Wildman–Crippen MR) is 98.4 cm³/mol. The summed E-state index contributed by atoms with van der Waals surface area (Å²) < 4.78 is 3.70. The van der Waals surface area contributed by atoms with Crippen LogP contribution in [0.5, 0.6) is 0 Å². The Kier molecular flexibility index (Phi) is 4.43. The smallest absolute Gasteiger partial charge is 0.151 e. The van der Waals surface area contributed by atoms with Crippen molar-refractivity contribution in [3.05, 3.63) is 63.7 Å². The van der Waals surface area contributed by atoms with Crippen LogP contribution in [0.15, 0.2) is 53.4 Å². The maximum absolute atomic E-state index is 4.69. The first-order valence-corrected chi connectivity index (χ1v) is 9.03. The summed E-state index contributed by atoms with van der Waals surface area (Å²) in [7, 11) is 0. The molecule has 1 nitrogen and oxygen atoms in total. The van der Waals surface area contributed by atoms with Gasteiger partial charge in [0, 0.05) is 9.32 Å². The third-order valence-electron chi connectivity index (χ3n) is 2.90. The molecule has 1 heterocycles. The average Bonchev–Trinajstić information content (AvgIpc) is 2.90. The van der Waals surface area contributed by atoms with Crippen molar-refractivity contribution >= 4 is 62.0 Å². The molecule has 20 heavy (non-hydrogen) atoms. The van der Waals surface area contributed by atoms with Crippen molar-refractivity contribution in [1.82, 2.24) is 4.98 Å². The third kappa shape index (κ3) is 3.07. The maximum atomic E-state index is 4.69. The molecule has 0 aliphatic carbocycles. The molecular formula is C16H12INS2. The molecule has 0 atom stereocenters. The van der Waals surface area contributed by atoms with Crippen molar-refractivity contribution in [2.75, 3.05) is 0 Å². The van der Waals surface area contributed by atoms with E-state index in [1.165, 1.54) is 19.4 Å². The number of halogens is 1. The quantitative estimate of drug-likeness (QED) is 0.397. The molecule has 0 radical (unpaired) electrons. The van der Waals surface area contributed by atoms with E-state index < -0.39 is 0 Å². The van der Waals surface area contributed by atoms with Gasteiger partial charge >= 0.3 is 0 Å². The number of benzene rings is 2. The standard InChI is InChI=1S/C16H12INS2/c1-2-11-5-3-6-12(9-11)10-19-16-18-14-8-4-7-13(17)15(14)20-16/h2-9H,1,10H2. The molecule has 0 amide bonds. The molecule has 3 aromatic rings. The lowest BCUT2D eigenvalue weighted by Gasteiger charge is -2.00. The van der Waals surface area contributed by atoms with Gasteiger partial charge < -0.3 is 0 Å². The molecule has 0 fully saturated rings. The van der Waals surface area contributed by atoms with Gasteiger partial charge in [-0.3, -0.25) is 0 Å². The van der Waals surface area contributed by atoms with Gasteiger partial charge in [-0.15, -0.1) is 11.3 Å². The van der Waals surface area contributed by atoms with Gasteiger partial charge in [0.15, 0.2) is 4.34 Å². The third-order valence-corrected chi connectivity index (χ3v) is 6.48. The molecule has 3 rings (SSSR count). The monoisotopic (exact) mass is 409 g/mol. The summed E-state index contributed by atoms with van der Waals surface area (Å²) in [6.07, 6.45) is 1.88. The van der Waals surface area contributed by atoms with Crippen molar-refractivity contribution in [1.29, 1.82) is 0 Å². The van der Waals surface area contributed by atoms with Crippen LogP contribution in [0.25, 0.3) is 16.3 Å². The highest BCUT2D eigenvalue weighted by Crippen LogP contribution is 2.33. The minimum atomic E-state index is 0.943. The second-order valence-electron chi connectivity index (χ2n) is 4.31. The van der Waals surface area contributed by atoms with Crippen LogP contribution in [0.3, 0.4) is 0 Å². The molecule has 0 aliphatic rings. The Hall–Kier alpha value is -0.850.